The average Bonchev–Trinajstić information content (AvgIpc) is 2.61. The third-order valence-electron chi connectivity index (χ3n) is 3.24. The Balaban J connectivity index is 2.13. The van der Waals surface area contributed by atoms with E-state index >= 15 is 0 Å². The predicted octanol–water partition coefficient (Wildman–Crippen LogP) is 1.62. The second-order valence-electron chi connectivity index (χ2n) is 4.89. The molecule has 138 valence electrons. The molecule has 0 aliphatic heterocycles. The van der Waals surface area contributed by atoms with Crippen molar-refractivity contribution in [1.82, 2.24) is 0 Å². The van der Waals surface area contributed by atoms with Crippen molar-refractivity contribution in [1.29, 1.82) is 0 Å². The highest BCUT2D eigenvalue weighted by Crippen LogP contribution is 2.26. The number of hydrogen-bond donors (Lipinski definition) is 2. The lowest BCUT2D eigenvalue weighted by molar-refractivity contribution is -0.385. The summed E-state index contributed by atoms with van der Waals surface area (Å²) in [6, 6.07) is 6.11. The van der Waals surface area contributed by atoms with E-state index in [1.54, 1.807) is 0 Å². The fourth-order valence-corrected chi connectivity index (χ4v) is 2.03. The van der Waals surface area contributed by atoms with E-state index in [1.165, 1.54) is 12.1 Å². The van der Waals surface area contributed by atoms with Gasteiger partial charge in [0.1, 0.15) is 22.6 Å². The molecule has 0 radical (unpaired) electrons. The zero-order chi connectivity index (χ0) is 20.1. The number of carboxylic acids is 2. The molecule has 0 bridgehead atoms. The maximum atomic E-state index is 10.9. The van der Waals surface area contributed by atoms with Crippen LogP contribution in [0.4, 0.5) is 11.4 Å². The van der Waals surface area contributed by atoms with Gasteiger partial charge in [-0.05, 0) is 24.3 Å². The van der Waals surface area contributed by atoms with Crippen molar-refractivity contribution < 1.29 is 39.0 Å². The molecule has 0 aliphatic carbocycles. The quantitative estimate of drug-likeness (QED) is 0.390. The Labute approximate surface area is 150 Å². The molecule has 0 aromatic heterocycles. The van der Waals surface area contributed by atoms with Crippen LogP contribution < -0.4 is 9.31 Å². The third-order valence-corrected chi connectivity index (χ3v) is 3.24. The van der Waals surface area contributed by atoms with Gasteiger partial charge in [-0.15, -0.1) is 0 Å². The Bertz CT molecular complexity index is 870. The minimum Gasteiger partial charge on any atom is -0.528 e. The van der Waals surface area contributed by atoms with Crippen molar-refractivity contribution >= 4 is 31.0 Å². The zero-order valence-electron chi connectivity index (χ0n) is 13.2. The number of benzene rings is 2. The maximum absolute atomic E-state index is 10.9. The van der Waals surface area contributed by atoms with Gasteiger partial charge < -0.3 is 19.5 Å². The largest absolute Gasteiger partial charge is 0.576 e. The van der Waals surface area contributed by atoms with E-state index in [-0.39, 0.29) is 11.5 Å². The van der Waals surface area contributed by atoms with Crippen molar-refractivity contribution in [3.63, 3.8) is 0 Å². The summed E-state index contributed by atoms with van der Waals surface area (Å²) < 4.78 is 10.2. The van der Waals surface area contributed by atoms with E-state index in [4.69, 9.17) is 19.5 Å². The SMILES string of the molecule is O=C(O)c1ccc(OBOc2ccc(C(=O)O)c([N+](=O)[O-])c2)cc1[N+](=O)[O-]. The van der Waals surface area contributed by atoms with Crippen molar-refractivity contribution in [2.24, 2.45) is 0 Å². The van der Waals surface area contributed by atoms with Gasteiger partial charge in [0.25, 0.3) is 11.4 Å². The molecule has 0 saturated heterocycles. The van der Waals surface area contributed by atoms with Gasteiger partial charge in [0.15, 0.2) is 0 Å². The molecule has 0 amide bonds. The van der Waals surface area contributed by atoms with Gasteiger partial charge in [-0.3, -0.25) is 20.2 Å². The Morgan fingerprint density at radius 2 is 1.19 bits per heavy atom. The number of hydrogen-bond acceptors (Lipinski definition) is 8. The number of nitro groups is 2. The summed E-state index contributed by atoms with van der Waals surface area (Å²) in [6.07, 6.45) is 0. The van der Waals surface area contributed by atoms with Gasteiger partial charge in [-0.25, -0.2) is 9.59 Å². The minimum atomic E-state index is -1.48. The van der Waals surface area contributed by atoms with Crippen LogP contribution in [-0.2, 0) is 0 Å². The Hall–Kier alpha value is -4.16. The number of rotatable bonds is 8. The summed E-state index contributed by atoms with van der Waals surface area (Å²) in [4.78, 5) is 41.9. The summed E-state index contributed by atoms with van der Waals surface area (Å²) in [5.74, 6) is -3.09. The predicted molar refractivity (Wildman–Crippen MR) is 88.5 cm³/mol. The van der Waals surface area contributed by atoms with Crippen molar-refractivity contribution in [2.45, 2.75) is 0 Å². The van der Waals surface area contributed by atoms with Crippen LogP contribution in [0.5, 0.6) is 11.5 Å². The molecule has 0 aliphatic rings. The number of carbonyl (C=O) groups is 2. The zero-order valence-corrected chi connectivity index (χ0v) is 13.2. The molecule has 0 saturated carbocycles. The fraction of sp³-hybridized carbons (Fsp3) is 0. The van der Waals surface area contributed by atoms with E-state index in [0.29, 0.717) is 0 Å². The van der Waals surface area contributed by atoms with Gasteiger partial charge >= 0.3 is 19.6 Å². The number of carboxylic acid groups (broad SMARTS) is 2. The first-order valence-corrected chi connectivity index (χ1v) is 6.99. The molecule has 0 fully saturated rings. The van der Waals surface area contributed by atoms with Crippen LogP contribution in [0.1, 0.15) is 20.7 Å². The topological polar surface area (TPSA) is 179 Å². The summed E-state index contributed by atoms with van der Waals surface area (Å²) in [5.41, 5.74) is -2.40. The van der Waals surface area contributed by atoms with Crippen LogP contribution in [0, 0.1) is 20.2 Å². The number of nitrogens with zero attached hydrogens (tertiary/aromatic N) is 2. The van der Waals surface area contributed by atoms with E-state index < -0.39 is 52.0 Å². The number of nitro benzene ring substituents is 2. The lowest BCUT2D eigenvalue weighted by atomic mass is 10.1. The lowest BCUT2D eigenvalue weighted by Crippen LogP contribution is -2.12. The smallest absolute Gasteiger partial charge is 0.528 e. The number of aromatic carboxylic acids is 2. The molecule has 13 heteroatoms. The summed E-state index contributed by atoms with van der Waals surface area (Å²) >= 11 is 0. The Kier molecular flexibility index (Phi) is 5.55. The van der Waals surface area contributed by atoms with E-state index in [1.807, 2.05) is 0 Å². The molecule has 2 rings (SSSR count). The van der Waals surface area contributed by atoms with Crippen LogP contribution in [0.3, 0.4) is 0 Å². The normalized spacial score (nSPS) is 9.93. The molecule has 2 aromatic carbocycles. The molecule has 27 heavy (non-hydrogen) atoms. The van der Waals surface area contributed by atoms with Crippen molar-refractivity contribution in [2.75, 3.05) is 0 Å². The molecule has 2 aromatic rings. The van der Waals surface area contributed by atoms with Gasteiger partial charge in [0.05, 0.1) is 22.0 Å². The maximum Gasteiger partial charge on any atom is 0.576 e. The van der Waals surface area contributed by atoms with E-state index in [9.17, 15) is 29.8 Å². The molecule has 0 spiro atoms. The Morgan fingerprint density at radius 3 is 1.48 bits per heavy atom. The van der Waals surface area contributed by atoms with E-state index in [2.05, 4.69) is 0 Å². The Morgan fingerprint density at radius 1 is 0.815 bits per heavy atom. The van der Waals surface area contributed by atoms with Gasteiger partial charge in [-0.1, -0.05) is 0 Å². The molecule has 2 N–H and O–H groups in total. The van der Waals surface area contributed by atoms with Gasteiger partial charge in [-0.2, -0.15) is 0 Å². The van der Waals surface area contributed by atoms with Gasteiger partial charge in [0.2, 0.25) is 0 Å². The molecular formula is C14H9BN2O10. The molecule has 0 heterocycles. The van der Waals surface area contributed by atoms with Crippen LogP contribution in [0.2, 0.25) is 0 Å². The molecular weight excluding hydrogens is 367 g/mol. The van der Waals surface area contributed by atoms with Crippen LogP contribution in [0.25, 0.3) is 0 Å². The second kappa shape index (κ2) is 7.82. The first kappa shape index (κ1) is 19.2. The van der Waals surface area contributed by atoms with Crippen LogP contribution >= 0.6 is 0 Å². The van der Waals surface area contributed by atoms with Crippen molar-refractivity contribution in [3.8, 4) is 11.5 Å². The standard InChI is InChI=1S/C14H9BN2O10/c18-13(19)9-3-1-7(5-11(9)16(22)23)26-15-27-8-2-4-10(14(20)21)12(6-8)17(24)25/h1-6,15H,(H,18,19)(H,20,21). The summed E-state index contributed by atoms with van der Waals surface area (Å²) in [5, 5.41) is 39.6. The fourth-order valence-electron chi connectivity index (χ4n) is 2.03. The molecule has 0 unspecified atom stereocenters. The lowest BCUT2D eigenvalue weighted by Gasteiger charge is -2.08. The van der Waals surface area contributed by atoms with Crippen LogP contribution in [0.15, 0.2) is 36.4 Å². The highest BCUT2D eigenvalue weighted by atomic mass is 16.6. The first-order valence-electron chi connectivity index (χ1n) is 6.99. The average molecular weight is 376 g/mol. The first-order chi connectivity index (χ1) is 12.7. The van der Waals surface area contributed by atoms with E-state index in [0.717, 1.165) is 24.3 Å². The third kappa shape index (κ3) is 4.48. The molecule has 0 atom stereocenters. The highest BCUT2D eigenvalue weighted by Gasteiger charge is 2.22. The monoisotopic (exact) mass is 376 g/mol. The minimum absolute atomic E-state index is 0.0663. The summed E-state index contributed by atoms with van der Waals surface area (Å²) in [7, 11) is -0.521. The van der Waals surface area contributed by atoms with Crippen molar-refractivity contribution in [3.05, 3.63) is 67.8 Å². The molecule has 12 nitrogen and oxygen atoms in total. The summed E-state index contributed by atoms with van der Waals surface area (Å²) in [6.45, 7) is 0. The van der Waals surface area contributed by atoms with Crippen LogP contribution in [-0.4, -0.2) is 39.7 Å². The van der Waals surface area contributed by atoms with Gasteiger partial charge in [0, 0.05) is 0 Å². The highest BCUT2D eigenvalue weighted by molar-refractivity contribution is 6.20. The second-order valence-corrected chi connectivity index (χ2v) is 4.89.